The highest BCUT2D eigenvalue weighted by Gasteiger charge is 2.26. The Labute approximate surface area is 94.2 Å². The molecule has 1 aliphatic rings. The van der Waals surface area contributed by atoms with Gasteiger partial charge < -0.3 is 0 Å². The van der Waals surface area contributed by atoms with E-state index in [1.165, 1.54) is 17.5 Å². The zero-order valence-corrected chi connectivity index (χ0v) is 10.3. The minimum absolute atomic E-state index is 0.396. The molecule has 0 saturated carbocycles. The summed E-state index contributed by atoms with van der Waals surface area (Å²) in [6.07, 6.45) is 1.18. The third-order valence-electron chi connectivity index (χ3n) is 2.91. The largest absolute Gasteiger partial charge is 0.284 e. The van der Waals surface area contributed by atoms with Crippen LogP contribution in [0.5, 0.6) is 0 Å². The van der Waals surface area contributed by atoms with Crippen molar-refractivity contribution in [1.82, 2.24) is 4.90 Å². The van der Waals surface area contributed by atoms with Crippen molar-refractivity contribution >= 4 is 15.9 Å². The number of halogens is 1. The quantitative estimate of drug-likeness (QED) is 0.548. The van der Waals surface area contributed by atoms with Gasteiger partial charge in [-0.2, -0.15) is 0 Å². The van der Waals surface area contributed by atoms with E-state index in [2.05, 4.69) is 58.9 Å². The normalized spacial score (nSPS) is 22.4. The van der Waals surface area contributed by atoms with Crippen LogP contribution in [0, 0.1) is 0 Å². The summed E-state index contributed by atoms with van der Waals surface area (Å²) in [7, 11) is 0. The second-order valence-electron chi connectivity index (χ2n) is 4.12. The fourth-order valence-corrected chi connectivity index (χ4v) is 3.18. The highest BCUT2D eigenvalue weighted by molar-refractivity contribution is 9.09. The molecule has 0 amide bonds. The molecule has 1 aromatic rings. The van der Waals surface area contributed by atoms with Crippen molar-refractivity contribution in [2.75, 3.05) is 6.54 Å². The summed E-state index contributed by atoms with van der Waals surface area (Å²) in [6.45, 7) is 5.66. The number of alkyl halides is 1. The molecule has 1 unspecified atom stereocenters. The van der Waals surface area contributed by atoms with Gasteiger partial charge in [-0.3, -0.25) is 4.90 Å². The smallest absolute Gasteiger partial charge is 0.0916 e. The SMILES string of the molecule is CC(C)N1CCc2ccccc2C1Br. The third kappa shape index (κ3) is 1.73. The molecule has 2 heteroatoms. The summed E-state index contributed by atoms with van der Waals surface area (Å²) < 4.78 is 0. The molecule has 0 spiro atoms. The maximum Gasteiger partial charge on any atom is 0.0916 e. The summed E-state index contributed by atoms with van der Waals surface area (Å²) in [5, 5.41) is 0. The number of hydrogen-bond acceptors (Lipinski definition) is 1. The van der Waals surface area contributed by atoms with Gasteiger partial charge in [0, 0.05) is 12.6 Å². The zero-order chi connectivity index (χ0) is 10.1. The number of benzene rings is 1. The Bertz CT molecular complexity index is 322. The highest BCUT2D eigenvalue weighted by Crippen LogP contribution is 2.35. The van der Waals surface area contributed by atoms with Gasteiger partial charge >= 0.3 is 0 Å². The first-order valence-corrected chi connectivity index (χ1v) is 6.09. The van der Waals surface area contributed by atoms with Crippen LogP contribution in [0.15, 0.2) is 24.3 Å². The van der Waals surface area contributed by atoms with Crippen molar-refractivity contribution in [3.63, 3.8) is 0 Å². The van der Waals surface area contributed by atoms with Gasteiger partial charge in [-0.1, -0.05) is 40.2 Å². The fraction of sp³-hybridized carbons (Fsp3) is 0.500. The van der Waals surface area contributed by atoms with Gasteiger partial charge in [0.15, 0.2) is 0 Å². The predicted octanol–water partition coefficient (Wildman–Crippen LogP) is 3.35. The monoisotopic (exact) mass is 253 g/mol. The first kappa shape index (κ1) is 10.2. The van der Waals surface area contributed by atoms with Gasteiger partial charge in [0.25, 0.3) is 0 Å². The molecule has 2 rings (SSSR count). The summed E-state index contributed by atoms with van der Waals surface area (Å²) in [4.78, 5) is 2.88. The molecule has 0 radical (unpaired) electrons. The van der Waals surface area contributed by atoms with Crippen molar-refractivity contribution < 1.29 is 0 Å². The van der Waals surface area contributed by atoms with Crippen molar-refractivity contribution in [3.05, 3.63) is 35.4 Å². The van der Waals surface area contributed by atoms with Crippen molar-refractivity contribution in [1.29, 1.82) is 0 Å². The Morgan fingerprint density at radius 1 is 1.36 bits per heavy atom. The molecule has 76 valence electrons. The average molecular weight is 254 g/mol. The minimum atomic E-state index is 0.396. The molecule has 1 atom stereocenters. The summed E-state index contributed by atoms with van der Waals surface area (Å²) in [5.41, 5.74) is 2.93. The predicted molar refractivity (Wildman–Crippen MR) is 63.7 cm³/mol. The molecule has 1 heterocycles. The Morgan fingerprint density at radius 3 is 2.79 bits per heavy atom. The van der Waals surface area contributed by atoms with Crippen LogP contribution >= 0.6 is 15.9 Å². The molecule has 1 aliphatic heterocycles. The van der Waals surface area contributed by atoms with Crippen LogP contribution in [0.1, 0.15) is 29.9 Å². The second-order valence-corrected chi connectivity index (χ2v) is 4.98. The molecule has 0 aliphatic carbocycles. The van der Waals surface area contributed by atoms with E-state index in [1.807, 2.05) is 0 Å². The Kier molecular flexibility index (Phi) is 2.93. The minimum Gasteiger partial charge on any atom is -0.284 e. The molecule has 14 heavy (non-hydrogen) atoms. The average Bonchev–Trinajstić information content (AvgIpc) is 2.18. The molecular formula is C12H16BrN. The van der Waals surface area contributed by atoms with Gasteiger partial charge in [0.2, 0.25) is 0 Å². The molecule has 1 aromatic carbocycles. The van der Waals surface area contributed by atoms with Gasteiger partial charge in [-0.25, -0.2) is 0 Å². The van der Waals surface area contributed by atoms with E-state index in [-0.39, 0.29) is 0 Å². The lowest BCUT2D eigenvalue weighted by atomic mass is 9.99. The molecule has 1 nitrogen and oxygen atoms in total. The molecule has 0 bridgehead atoms. The number of fused-ring (bicyclic) bond motifs is 1. The summed E-state index contributed by atoms with van der Waals surface area (Å²) >= 11 is 3.78. The van der Waals surface area contributed by atoms with E-state index >= 15 is 0 Å². The first-order chi connectivity index (χ1) is 6.70. The standard InChI is InChI=1S/C12H16BrN/c1-9(2)14-8-7-10-5-3-4-6-11(10)12(14)13/h3-6,9,12H,7-8H2,1-2H3. The van der Waals surface area contributed by atoms with E-state index in [0.717, 1.165) is 6.54 Å². The number of nitrogens with zero attached hydrogens (tertiary/aromatic N) is 1. The van der Waals surface area contributed by atoms with Gasteiger partial charge in [0.1, 0.15) is 0 Å². The van der Waals surface area contributed by atoms with Crippen LogP contribution in [-0.2, 0) is 6.42 Å². The van der Waals surface area contributed by atoms with E-state index in [0.29, 0.717) is 11.0 Å². The van der Waals surface area contributed by atoms with Crippen LogP contribution in [0.25, 0.3) is 0 Å². The topological polar surface area (TPSA) is 3.24 Å². The molecule has 0 aromatic heterocycles. The van der Waals surface area contributed by atoms with Crippen LogP contribution < -0.4 is 0 Å². The Morgan fingerprint density at radius 2 is 2.07 bits per heavy atom. The van der Waals surface area contributed by atoms with E-state index < -0.39 is 0 Å². The lowest BCUT2D eigenvalue weighted by molar-refractivity contribution is 0.201. The van der Waals surface area contributed by atoms with Crippen molar-refractivity contribution in [2.45, 2.75) is 31.3 Å². The maximum atomic E-state index is 3.78. The highest BCUT2D eigenvalue weighted by atomic mass is 79.9. The first-order valence-electron chi connectivity index (χ1n) is 5.18. The molecular weight excluding hydrogens is 238 g/mol. The molecule has 0 saturated heterocycles. The van der Waals surface area contributed by atoms with Gasteiger partial charge in [-0.05, 0) is 31.4 Å². The van der Waals surface area contributed by atoms with E-state index in [4.69, 9.17) is 0 Å². The van der Waals surface area contributed by atoms with Crippen LogP contribution in [-0.4, -0.2) is 17.5 Å². The van der Waals surface area contributed by atoms with Gasteiger partial charge in [-0.15, -0.1) is 0 Å². The van der Waals surface area contributed by atoms with Crippen LogP contribution in [0.3, 0.4) is 0 Å². The second kappa shape index (κ2) is 4.03. The number of rotatable bonds is 1. The Hall–Kier alpha value is -0.340. The lowest BCUT2D eigenvalue weighted by Gasteiger charge is -2.36. The van der Waals surface area contributed by atoms with Crippen LogP contribution in [0.4, 0.5) is 0 Å². The van der Waals surface area contributed by atoms with Crippen molar-refractivity contribution in [2.24, 2.45) is 0 Å². The van der Waals surface area contributed by atoms with Gasteiger partial charge in [0.05, 0.1) is 4.95 Å². The molecule has 0 N–H and O–H groups in total. The van der Waals surface area contributed by atoms with Crippen molar-refractivity contribution in [3.8, 4) is 0 Å². The lowest BCUT2D eigenvalue weighted by Crippen LogP contribution is -2.37. The zero-order valence-electron chi connectivity index (χ0n) is 8.70. The summed E-state index contributed by atoms with van der Waals surface area (Å²) in [5.74, 6) is 0. The molecule has 0 fully saturated rings. The fourth-order valence-electron chi connectivity index (χ4n) is 2.06. The van der Waals surface area contributed by atoms with Crippen LogP contribution in [0.2, 0.25) is 0 Å². The maximum absolute atomic E-state index is 3.78. The Balaban J connectivity index is 2.31. The van der Waals surface area contributed by atoms with E-state index in [1.54, 1.807) is 0 Å². The third-order valence-corrected chi connectivity index (χ3v) is 3.92. The number of hydrogen-bond donors (Lipinski definition) is 0. The van der Waals surface area contributed by atoms with E-state index in [9.17, 15) is 0 Å². The summed E-state index contributed by atoms with van der Waals surface area (Å²) in [6, 6.07) is 9.32.